The third-order valence-corrected chi connectivity index (χ3v) is 3.16. The summed E-state index contributed by atoms with van der Waals surface area (Å²) in [6.45, 7) is 9.62. The van der Waals surface area contributed by atoms with Crippen molar-refractivity contribution in [2.75, 3.05) is 19.0 Å². The Kier molecular flexibility index (Phi) is 5.21. The molecule has 0 unspecified atom stereocenters. The summed E-state index contributed by atoms with van der Waals surface area (Å²) in [5, 5.41) is 0. The summed E-state index contributed by atoms with van der Waals surface area (Å²) >= 11 is 5.74. The van der Waals surface area contributed by atoms with Crippen molar-refractivity contribution < 1.29 is 4.79 Å². The maximum atomic E-state index is 12.5. The number of halogens is 1. The highest BCUT2D eigenvalue weighted by molar-refractivity contribution is 6.18. The Balaban J connectivity index is 3.13. The molecule has 0 bridgehead atoms. The van der Waals surface area contributed by atoms with Gasteiger partial charge in [-0.15, -0.1) is 11.6 Å². The first-order chi connectivity index (χ1) is 8.41. The second-order valence-corrected chi connectivity index (χ2v) is 5.75. The van der Waals surface area contributed by atoms with Crippen LogP contribution in [0.2, 0.25) is 0 Å². The zero-order chi connectivity index (χ0) is 13.8. The van der Waals surface area contributed by atoms with Crippen molar-refractivity contribution in [1.82, 2.24) is 4.90 Å². The van der Waals surface area contributed by atoms with Crippen LogP contribution in [0.4, 0.5) is 0 Å². The van der Waals surface area contributed by atoms with Gasteiger partial charge in [0.2, 0.25) is 0 Å². The molecule has 0 radical (unpaired) electrons. The van der Waals surface area contributed by atoms with Crippen molar-refractivity contribution in [2.45, 2.75) is 33.1 Å². The first kappa shape index (κ1) is 15.0. The van der Waals surface area contributed by atoms with Crippen molar-refractivity contribution >= 4 is 17.5 Å². The minimum absolute atomic E-state index is 0.0351. The Bertz CT molecular complexity index is 409. The predicted octanol–water partition coefficient (Wildman–Crippen LogP) is 3.69. The molecule has 1 aromatic carbocycles. The molecule has 0 saturated carbocycles. The van der Waals surface area contributed by atoms with E-state index in [-0.39, 0.29) is 11.3 Å². The van der Waals surface area contributed by atoms with Gasteiger partial charge in [-0.1, -0.05) is 39.0 Å². The van der Waals surface area contributed by atoms with Gasteiger partial charge in [0.1, 0.15) is 0 Å². The van der Waals surface area contributed by atoms with Crippen LogP contribution in [0.25, 0.3) is 0 Å². The van der Waals surface area contributed by atoms with Gasteiger partial charge in [-0.25, -0.2) is 0 Å². The van der Waals surface area contributed by atoms with E-state index in [2.05, 4.69) is 20.8 Å². The van der Waals surface area contributed by atoms with Crippen LogP contribution in [-0.2, 0) is 5.41 Å². The van der Waals surface area contributed by atoms with E-state index >= 15 is 0 Å². The number of benzene rings is 1. The number of carbonyl (C=O) groups excluding carboxylic acids is 1. The maximum absolute atomic E-state index is 12.5. The lowest BCUT2D eigenvalue weighted by Crippen LogP contribution is -2.34. The molecule has 0 heterocycles. The number of carbonyl (C=O) groups is 1. The molecule has 100 valence electrons. The highest BCUT2D eigenvalue weighted by Gasteiger charge is 2.23. The van der Waals surface area contributed by atoms with Gasteiger partial charge in [-0.3, -0.25) is 4.79 Å². The lowest BCUT2D eigenvalue weighted by molar-refractivity contribution is 0.0771. The zero-order valence-corrected chi connectivity index (χ0v) is 12.4. The average Bonchev–Trinajstić information content (AvgIpc) is 2.34. The molecular formula is C15H22ClNO. The molecule has 0 spiro atoms. The Morgan fingerprint density at radius 1 is 1.28 bits per heavy atom. The van der Waals surface area contributed by atoms with E-state index in [1.54, 1.807) is 4.90 Å². The summed E-state index contributed by atoms with van der Waals surface area (Å²) < 4.78 is 0. The highest BCUT2D eigenvalue weighted by Crippen LogP contribution is 2.26. The van der Waals surface area contributed by atoms with Gasteiger partial charge in [0, 0.05) is 24.5 Å². The zero-order valence-electron chi connectivity index (χ0n) is 11.7. The molecule has 0 aliphatic carbocycles. The molecule has 0 fully saturated rings. The molecule has 1 aromatic rings. The first-order valence-electron chi connectivity index (χ1n) is 6.36. The SMILES string of the molecule is CCN(CCCl)C(=O)c1ccccc1C(C)(C)C. The predicted molar refractivity (Wildman–Crippen MR) is 77.4 cm³/mol. The fourth-order valence-corrected chi connectivity index (χ4v) is 2.20. The summed E-state index contributed by atoms with van der Waals surface area (Å²) in [7, 11) is 0. The van der Waals surface area contributed by atoms with E-state index < -0.39 is 0 Å². The van der Waals surface area contributed by atoms with E-state index in [0.717, 1.165) is 11.1 Å². The van der Waals surface area contributed by atoms with Crippen LogP contribution in [0.15, 0.2) is 24.3 Å². The minimum Gasteiger partial charge on any atom is -0.338 e. The van der Waals surface area contributed by atoms with Crippen LogP contribution >= 0.6 is 11.6 Å². The van der Waals surface area contributed by atoms with Crippen molar-refractivity contribution in [3.05, 3.63) is 35.4 Å². The van der Waals surface area contributed by atoms with Gasteiger partial charge in [0.05, 0.1) is 0 Å². The molecule has 2 nitrogen and oxygen atoms in total. The summed E-state index contributed by atoms with van der Waals surface area (Å²) in [5.41, 5.74) is 1.84. The second kappa shape index (κ2) is 6.24. The molecule has 0 N–H and O–H groups in total. The van der Waals surface area contributed by atoms with Crippen LogP contribution < -0.4 is 0 Å². The molecule has 0 aliphatic rings. The number of amides is 1. The van der Waals surface area contributed by atoms with Crippen LogP contribution in [-0.4, -0.2) is 29.8 Å². The lowest BCUT2D eigenvalue weighted by atomic mass is 9.83. The molecular weight excluding hydrogens is 246 g/mol. The Labute approximate surface area is 115 Å². The Morgan fingerprint density at radius 2 is 1.89 bits per heavy atom. The van der Waals surface area contributed by atoms with Crippen LogP contribution in [0.1, 0.15) is 43.6 Å². The number of nitrogens with zero attached hydrogens (tertiary/aromatic N) is 1. The van der Waals surface area contributed by atoms with Crippen LogP contribution in [0, 0.1) is 0 Å². The standard InChI is InChI=1S/C15H22ClNO/c1-5-17(11-10-16)14(18)12-8-6-7-9-13(12)15(2,3)4/h6-9H,5,10-11H2,1-4H3. The van der Waals surface area contributed by atoms with Crippen molar-refractivity contribution in [3.63, 3.8) is 0 Å². The van der Waals surface area contributed by atoms with Gasteiger partial charge >= 0.3 is 0 Å². The van der Waals surface area contributed by atoms with Gasteiger partial charge in [-0.05, 0) is 24.0 Å². The fraction of sp³-hybridized carbons (Fsp3) is 0.533. The minimum atomic E-state index is -0.0351. The summed E-state index contributed by atoms with van der Waals surface area (Å²) in [6.07, 6.45) is 0. The smallest absolute Gasteiger partial charge is 0.254 e. The summed E-state index contributed by atoms with van der Waals surface area (Å²) in [4.78, 5) is 14.3. The van der Waals surface area contributed by atoms with Crippen molar-refractivity contribution in [1.29, 1.82) is 0 Å². The number of hydrogen-bond donors (Lipinski definition) is 0. The molecule has 1 amide bonds. The van der Waals surface area contributed by atoms with E-state index in [1.807, 2.05) is 31.2 Å². The maximum Gasteiger partial charge on any atom is 0.254 e. The van der Waals surface area contributed by atoms with E-state index in [9.17, 15) is 4.79 Å². The first-order valence-corrected chi connectivity index (χ1v) is 6.90. The molecule has 0 saturated heterocycles. The van der Waals surface area contributed by atoms with Crippen molar-refractivity contribution in [3.8, 4) is 0 Å². The van der Waals surface area contributed by atoms with Crippen LogP contribution in [0.5, 0.6) is 0 Å². The molecule has 18 heavy (non-hydrogen) atoms. The molecule has 1 rings (SSSR count). The number of alkyl halides is 1. The largest absolute Gasteiger partial charge is 0.338 e. The quantitative estimate of drug-likeness (QED) is 0.762. The third kappa shape index (κ3) is 3.49. The average molecular weight is 268 g/mol. The molecule has 0 aromatic heterocycles. The topological polar surface area (TPSA) is 20.3 Å². The van der Waals surface area contributed by atoms with Crippen molar-refractivity contribution in [2.24, 2.45) is 0 Å². The van der Waals surface area contributed by atoms with E-state index in [1.165, 1.54) is 0 Å². The second-order valence-electron chi connectivity index (χ2n) is 5.37. The Morgan fingerprint density at radius 3 is 2.39 bits per heavy atom. The monoisotopic (exact) mass is 267 g/mol. The number of hydrogen-bond acceptors (Lipinski definition) is 1. The highest BCUT2D eigenvalue weighted by atomic mass is 35.5. The molecule has 0 aliphatic heterocycles. The van der Waals surface area contributed by atoms with Gasteiger partial charge < -0.3 is 4.90 Å². The molecule has 3 heteroatoms. The Hall–Kier alpha value is -1.02. The summed E-state index contributed by atoms with van der Waals surface area (Å²) in [5.74, 6) is 0.542. The lowest BCUT2D eigenvalue weighted by Gasteiger charge is -2.26. The number of rotatable bonds is 4. The summed E-state index contributed by atoms with van der Waals surface area (Å²) in [6, 6.07) is 7.83. The van der Waals surface area contributed by atoms with Crippen LogP contribution in [0.3, 0.4) is 0 Å². The fourth-order valence-electron chi connectivity index (χ4n) is 2.00. The van der Waals surface area contributed by atoms with Gasteiger partial charge in [0.25, 0.3) is 5.91 Å². The van der Waals surface area contributed by atoms with Gasteiger partial charge in [-0.2, -0.15) is 0 Å². The third-order valence-electron chi connectivity index (χ3n) is 2.99. The van der Waals surface area contributed by atoms with E-state index in [0.29, 0.717) is 19.0 Å². The van der Waals surface area contributed by atoms with E-state index in [4.69, 9.17) is 11.6 Å². The molecule has 0 atom stereocenters. The van der Waals surface area contributed by atoms with Gasteiger partial charge in [0.15, 0.2) is 0 Å². The normalized spacial score (nSPS) is 11.4.